The summed E-state index contributed by atoms with van der Waals surface area (Å²) in [5.41, 5.74) is 2.76. The maximum Gasteiger partial charge on any atom is 0.108 e. The average Bonchev–Trinajstić information content (AvgIpc) is 3.36. The Morgan fingerprint density at radius 3 is 1.48 bits per heavy atom. The monoisotopic (exact) mass is 551 g/mol. The van der Waals surface area contributed by atoms with Gasteiger partial charge in [-0.3, -0.25) is 0 Å². The van der Waals surface area contributed by atoms with E-state index in [1.165, 1.54) is 165 Å². The highest BCUT2D eigenvalue weighted by atomic mass is 15.1. The van der Waals surface area contributed by atoms with E-state index in [0.29, 0.717) is 0 Å². The van der Waals surface area contributed by atoms with Crippen LogP contribution in [0.25, 0.3) is 0 Å². The third-order valence-corrected chi connectivity index (χ3v) is 8.66. The van der Waals surface area contributed by atoms with Crippen LogP contribution in [0.2, 0.25) is 0 Å². The van der Waals surface area contributed by atoms with Gasteiger partial charge in [0.2, 0.25) is 0 Å². The first-order chi connectivity index (χ1) is 19.8. The van der Waals surface area contributed by atoms with Crippen LogP contribution in [0.1, 0.15) is 179 Å². The first kappa shape index (κ1) is 34.6. The van der Waals surface area contributed by atoms with Crippen LogP contribution in [0, 0.1) is 0 Å². The molecule has 1 aromatic heterocycles. The van der Waals surface area contributed by atoms with E-state index >= 15 is 0 Å². The second-order valence-corrected chi connectivity index (χ2v) is 12.5. The highest BCUT2D eigenvalue weighted by molar-refractivity contribution is 5.15. The lowest BCUT2D eigenvalue weighted by molar-refractivity contribution is 0.522. The predicted molar refractivity (Wildman–Crippen MR) is 177 cm³/mol. The van der Waals surface area contributed by atoms with E-state index in [-0.39, 0.29) is 0 Å². The summed E-state index contributed by atoms with van der Waals surface area (Å²) in [7, 11) is 0. The van der Waals surface area contributed by atoms with Crippen molar-refractivity contribution >= 4 is 0 Å². The summed E-state index contributed by atoms with van der Waals surface area (Å²) in [6.07, 6.45) is 38.0. The second-order valence-electron chi connectivity index (χ2n) is 12.5. The van der Waals surface area contributed by atoms with Crippen LogP contribution < -0.4 is 0 Å². The van der Waals surface area contributed by atoms with Crippen molar-refractivity contribution in [1.29, 1.82) is 0 Å². The van der Waals surface area contributed by atoms with Crippen LogP contribution in [0.3, 0.4) is 0 Å². The molecule has 1 heterocycles. The van der Waals surface area contributed by atoms with Crippen LogP contribution in [-0.2, 0) is 25.8 Å². The highest BCUT2D eigenvalue weighted by Crippen LogP contribution is 2.17. The van der Waals surface area contributed by atoms with Crippen molar-refractivity contribution in [3.05, 3.63) is 53.6 Å². The smallest absolute Gasteiger partial charge is 0.108 e. The zero-order chi connectivity index (χ0) is 28.4. The molecule has 0 fully saturated rings. The molecule has 0 saturated carbocycles. The van der Waals surface area contributed by atoms with Gasteiger partial charge in [0.25, 0.3) is 0 Å². The summed E-state index contributed by atoms with van der Waals surface area (Å²) in [6, 6.07) is 10.9. The van der Waals surface area contributed by atoms with Crippen LogP contribution in [0.5, 0.6) is 0 Å². The minimum Gasteiger partial charge on any atom is -0.335 e. The van der Waals surface area contributed by atoms with Crippen molar-refractivity contribution in [2.45, 2.75) is 187 Å². The van der Waals surface area contributed by atoms with E-state index in [1.807, 2.05) is 0 Å². The van der Waals surface area contributed by atoms with E-state index in [4.69, 9.17) is 4.98 Å². The lowest BCUT2D eigenvalue weighted by Gasteiger charge is -2.08. The Kier molecular flexibility index (Phi) is 21.8. The van der Waals surface area contributed by atoms with Gasteiger partial charge in [0, 0.05) is 19.2 Å². The Balaban J connectivity index is 1.62. The number of hydrogen-bond acceptors (Lipinski definition) is 1. The number of hydrogen-bond donors (Lipinski definition) is 0. The van der Waals surface area contributed by atoms with Crippen LogP contribution in [0.4, 0.5) is 0 Å². The number of unbranched alkanes of at least 4 members (excludes halogenated alkanes) is 20. The second kappa shape index (κ2) is 25.2. The molecule has 0 aliphatic carbocycles. The highest BCUT2D eigenvalue weighted by Gasteiger charge is 2.08. The number of rotatable bonds is 28. The fraction of sp³-hybridized carbons (Fsp3) is 0.763. The van der Waals surface area contributed by atoms with Gasteiger partial charge in [-0.15, -0.1) is 0 Å². The molecule has 0 aliphatic rings. The van der Waals surface area contributed by atoms with E-state index < -0.39 is 0 Å². The standard InChI is InChI=1S/C38H66N2/c1-3-5-7-9-11-13-14-15-16-17-18-19-21-26-33-38-39-37(32-28-31-36-29-24-23-25-30-36)35-40(38)34-27-22-20-12-10-8-6-4-2/h23-25,29-30,35H,3-22,26-28,31-34H2,1-2H3. The van der Waals surface area contributed by atoms with Crippen molar-refractivity contribution in [3.8, 4) is 0 Å². The molecule has 0 radical (unpaired) electrons. The van der Waals surface area contributed by atoms with Crippen LogP contribution in [-0.4, -0.2) is 9.55 Å². The average molecular weight is 551 g/mol. The predicted octanol–water partition coefficient (Wildman–Crippen LogP) is 12.2. The zero-order valence-corrected chi connectivity index (χ0v) is 27.0. The summed E-state index contributed by atoms with van der Waals surface area (Å²) in [6.45, 7) is 5.77. The minimum absolute atomic E-state index is 1.10. The molecule has 228 valence electrons. The minimum atomic E-state index is 1.10. The van der Waals surface area contributed by atoms with Gasteiger partial charge < -0.3 is 4.57 Å². The molecular formula is C38H66N2. The van der Waals surface area contributed by atoms with Gasteiger partial charge in [0.15, 0.2) is 0 Å². The molecule has 2 nitrogen and oxygen atoms in total. The van der Waals surface area contributed by atoms with Gasteiger partial charge in [-0.1, -0.05) is 173 Å². The molecule has 0 N–H and O–H groups in total. The van der Waals surface area contributed by atoms with Crippen molar-refractivity contribution < 1.29 is 0 Å². The molecule has 2 rings (SSSR count). The van der Waals surface area contributed by atoms with Gasteiger partial charge in [0.1, 0.15) is 5.82 Å². The van der Waals surface area contributed by atoms with Gasteiger partial charge >= 0.3 is 0 Å². The number of benzene rings is 1. The third kappa shape index (κ3) is 18.0. The fourth-order valence-electron chi connectivity index (χ4n) is 6.04. The quantitative estimate of drug-likeness (QED) is 0.0963. The maximum absolute atomic E-state index is 5.15. The molecule has 0 atom stereocenters. The Labute approximate surface area is 250 Å². The summed E-state index contributed by atoms with van der Waals surface area (Å²) in [5, 5.41) is 0. The molecule has 0 amide bonds. The number of imidazole rings is 1. The number of aryl methyl sites for hydroxylation is 4. The van der Waals surface area contributed by atoms with E-state index in [0.717, 1.165) is 25.8 Å². The van der Waals surface area contributed by atoms with Crippen LogP contribution >= 0.6 is 0 Å². The van der Waals surface area contributed by atoms with Crippen LogP contribution in [0.15, 0.2) is 36.5 Å². The van der Waals surface area contributed by atoms with E-state index in [9.17, 15) is 0 Å². The SMILES string of the molecule is CCCCCCCCCCCCCCCCc1nc(CCCc2ccccc2)cn1CCCCCCCCCC. The lowest BCUT2D eigenvalue weighted by Crippen LogP contribution is -2.03. The first-order valence-corrected chi connectivity index (χ1v) is 17.9. The first-order valence-electron chi connectivity index (χ1n) is 17.9. The Morgan fingerprint density at radius 2 is 0.950 bits per heavy atom. The third-order valence-electron chi connectivity index (χ3n) is 8.66. The molecule has 1 aromatic carbocycles. The zero-order valence-electron chi connectivity index (χ0n) is 27.0. The van der Waals surface area contributed by atoms with Crippen molar-refractivity contribution in [2.75, 3.05) is 0 Å². The topological polar surface area (TPSA) is 17.8 Å². The molecule has 0 spiro atoms. The van der Waals surface area contributed by atoms with E-state index in [2.05, 4.69) is 54.9 Å². The Hall–Kier alpha value is -1.57. The van der Waals surface area contributed by atoms with Gasteiger partial charge in [-0.05, 0) is 37.7 Å². The summed E-state index contributed by atoms with van der Waals surface area (Å²) < 4.78 is 2.52. The number of aromatic nitrogens is 2. The maximum atomic E-state index is 5.15. The fourth-order valence-corrected chi connectivity index (χ4v) is 6.04. The number of nitrogens with zero attached hydrogens (tertiary/aromatic N) is 2. The van der Waals surface area contributed by atoms with Crippen molar-refractivity contribution in [1.82, 2.24) is 9.55 Å². The Bertz CT molecular complexity index is 793. The molecule has 40 heavy (non-hydrogen) atoms. The summed E-state index contributed by atoms with van der Waals surface area (Å²) in [5.74, 6) is 1.36. The lowest BCUT2D eigenvalue weighted by atomic mass is 10.0. The Morgan fingerprint density at radius 1 is 0.475 bits per heavy atom. The summed E-state index contributed by atoms with van der Waals surface area (Å²) >= 11 is 0. The molecule has 0 unspecified atom stereocenters. The molecule has 0 saturated heterocycles. The molecule has 2 aromatic rings. The largest absolute Gasteiger partial charge is 0.335 e. The molecule has 0 aliphatic heterocycles. The van der Waals surface area contributed by atoms with Crippen molar-refractivity contribution in [2.24, 2.45) is 0 Å². The van der Waals surface area contributed by atoms with Gasteiger partial charge in [-0.25, -0.2) is 4.98 Å². The van der Waals surface area contributed by atoms with Crippen molar-refractivity contribution in [3.63, 3.8) is 0 Å². The normalized spacial score (nSPS) is 11.4. The van der Waals surface area contributed by atoms with Gasteiger partial charge in [-0.2, -0.15) is 0 Å². The van der Waals surface area contributed by atoms with E-state index in [1.54, 1.807) is 0 Å². The van der Waals surface area contributed by atoms with Gasteiger partial charge in [0.05, 0.1) is 5.69 Å². The summed E-state index contributed by atoms with van der Waals surface area (Å²) in [4.78, 5) is 5.15. The molecule has 2 heteroatoms. The molecular weight excluding hydrogens is 484 g/mol. The molecule has 0 bridgehead atoms.